The van der Waals surface area contributed by atoms with Crippen LogP contribution in [0.1, 0.15) is 12.6 Å². The number of ether oxygens (including phenoxy) is 1. The number of aromatic nitrogens is 1. The van der Waals surface area contributed by atoms with Crippen molar-refractivity contribution in [1.29, 1.82) is 0 Å². The molecular formula is C21H21NO2. The van der Waals surface area contributed by atoms with E-state index in [0.717, 1.165) is 28.1 Å². The Bertz CT molecular complexity index is 820. The maximum absolute atomic E-state index is 12.1. The standard InChI is InChI=1S/C21H21NO2/c1-3-24-20(23)15-22-16(2)14-19(17-10-6-4-7-11-17)21(22)18-12-8-5-9-13-18/h4-14H,3,15H2,1-2H3. The molecule has 24 heavy (non-hydrogen) atoms. The first-order chi connectivity index (χ1) is 11.7. The third-order valence-electron chi connectivity index (χ3n) is 4.03. The molecule has 0 aliphatic rings. The van der Waals surface area contributed by atoms with Crippen LogP contribution in [0.5, 0.6) is 0 Å². The number of benzene rings is 2. The van der Waals surface area contributed by atoms with Crippen LogP contribution in [0.4, 0.5) is 0 Å². The Morgan fingerprint density at radius 1 is 0.958 bits per heavy atom. The maximum atomic E-state index is 12.1. The Labute approximate surface area is 142 Å². The monoisotopic (exact) mass is 319 g/mol. The average Bonchev–Trinajstić information content (AvgIpc) is 2.93. The lowest BCUT2D eigenvalue weighted by Crippen LogP contribution is -2.15. The number of rotatable bonds is 5. The molecule has 3 heteroatoms. The van der Waals surface area contributed by atoms with Gasteiger partial charge in [-0.05, 0) is 31.0 Å². The zero-order valence-corrected chi connectivity index (χ0v) is 14.0. The first-order valence-electron chi connectivity index (χ1n) is 8.17. The van der Waals surface area contributed by atoms with Gasteiger partial charge in [-0.1, -0.05) is 60.7 Å². The smallest absolute Gasteiger partial charge is 0.325 e. The van der Waals surface area contributed by atoms with E-state index in [1.807, 2.05) is 54.8 Å². The second-order valence-corrected chi connectivity index (χ2v) is 5.67. The molecule has 0 aliphatic heterocycles. The average molecular weight is 319 g/mol. The van der Waals surface area contributed by atoms with Crippen LogP contribution in [-0.2, 0) is 16.1 Å². The highest BCUT2D eigenvalue weighted by molar-refractivity contribution is 5.84. The van der Waals surface area contributed by atoms with Gasteiger partial charge in [0.1, 0.15) is 6.54 Å². The normalized spacial score (nSPS) is 10.6. The summed E-state index contributed by atoms with van der Waals surface area (Å²) in [6.45, 7) is 4.47. The van der Waals surface area contributed by atoms with E-state index in [9.17, 15) is 4.79 Å². The van der Waals surface area contributed by atoms with E-state index < -0.39 is 0 Å². The molecule has 3 rings (SSSR count). The molecule has 0 aliphatic carbocycles. The first-order valence-corrected chi connectivity index (χ1v) is 8.17. The molecule has 0 fully saturated rings. The van der Waals surface area contributed by atoms with Crippen molar-refractivity contribution >= 4 is 5.97 Å². The predicted octanol–water partition coefficient (Wildman–Crippen LogP) is 4.69. The lowest BCUT2D eigenvalue weighted by Gasteiger charge is -2.13. The molecule has 0 atom stereocenters. The summed E-state index contributed by atoms with van der Waals surface area (Å²) in [7, 11) is 0. The Hall–Kier alpha value is -2.81. The SMILES string of the molecule is CCOC(=O)Cn1c(C)cc(-c2ccccc2)c1-c1ccccc1. The summed E-state index contributed by atoms with van der Waals surface area (Å²) in [6.07, 6.45) is 0. The Morgan fingerprint density at radius 3 is 2.12 bits per heavy atom. The van der Waals surface area contributed by atoms with Crippen molar-refractivity contribution < 1.29 is 9.53 Å². The van der Waals surface area contributed by atoms with Gasteiger partial charge in [-0.25, -0.2) is 0 Å². The lowest BCUT2D eigenvalue weighted by molar-refractivity contribution is -0.143. The van der Waals surface area contributed by atoms with Gasteiger partial charge in [0.2, 0.25) is 0 Å². The van der Waals surface area contributed by atoms with E-state index in [0.29, 0.717) is 6.61 Å². The number of carbonyl (C=O) groups is 1. The van der Waals surface area contributed by atoms with Crippen LogP contribution in [0.15, 0.2) is 66.7 Å². The molecule has 0 N–H and O–H groups in total. The fraction of sp³-hybridized carbons (Fsp3) is 0.190. The van der Waals surface area contributed by atoms with Crippen LogP contribution >= 0.6 is 0 Å². The summed E-state index contributed by atoms with van der Waals surface area (Å²) in [5.41, 5.74) is 5.45. The van der Waals surface area contributed by atoms with Gasteiger partial charge in [0.15, 0.2) is 0 Å². The van der Waals surface area contributed by atoms with E-state index in [1.54, 1.807) is 0 Å². The molecule has 0 bridgehead atoms. The summed E-state index contributed by atoms with van der Waals surface area (Å²) in [4.78, 5) is 12.1. The van der Waals surface area contributed by atoms with Crippen molar-refractivity contribution in [2.75, 3.05) is 6.61 Å². The molecule has 0 saturated heterocycles. The van der Waals surface area contributed by atoms with Crippen molar-refractivity contribution in [2.45, 2.75) is 20.4 Å². The van der Waals surface area contributed by atoms with Gasteiger partial charge in [-0.15, -0.1) is 0 Å². The summed E-state index contributed by atoms with van der Waals surface area (Å²) in [5, 5.41) is 0. The molecule has 122 valence electrons. The van der Waals surface area contributed by atoms with Gasteiger partial charge in [-0.2, -0.15) is 0 Å². The summed E-state index contributed by atoms with van der Waals surface area (Å²) in [5.74, 6) is -0.215. The lowest BCUT2D eigenvalue weighted by atomic mass is 10.0. The van der Waals surface area contributed by atoms with Crippen LogP contribution in [0.3, 0.4) is 0 Å². The van der Waals surface area contributed by atoms with Crippen LogP contribution in [0.25, 0.3) is 22.4 Å². The third-order valence-corrected chi connectivity index (χ3v) is 4.03. The van der Waals surface area contributed by atoms with Gasteiger partial charge >= 0.3 is 5.97 Å². The number of esters is 1. The van der Waals surface area contributed by atoms with Gasteiger partial charge in [0.05, 0.1) is 12.3 Å². The Kier molecular flexibility index (Phi) is 4.80. The van der Waals surface area contributed by atoms with Gasteiger partial charge < -0.3 is 9.30 Å². The number of hydrogen-bond acceptors (Lipinski definition) is 2. The van der Waals surface area contributed by atoms with Crippen LogP contribution < -0.4 is 0 Å². The van der Waals surface area contributed by atoms with Gasteiger partial charge in [-0.3, -0.25) is 4.79 Å². The zero-order chi connectivity index (χ0) is 16.9. The molecule has 0 spiro atoms. The summed E-state index contributed by atoms with van der Waals surface area (Å²) in [6, 6.07) is 22.6. The van der Waals surface area contributed by atoms with Crippen molar-refractivity contribution in [2.24, 2.45) is 0 Å². The fourth-order valence-electron chi connectivity index (χ4n) is 2.96. The van der Waals surface area contributed by atoms with Crippen molar-refractivity contribution in [3.63, 3.8) is 0 Å². The fourth-order valence-corrected chi connectivity index (χ4v) is 2.96. The molecule has 0 unspecified atom stereocenters. The molecule has 3 aromatic rings. The minimum absolute atomic E-state index is 0.215. The molecule has 1 aromatic heterocycles. The highest BCUT2D eigenvalue weighted by Crippen LogP contribution is 2.35. The highest BCUT2D eigenvalue weighted by Gasteiger charge is 2.18. The predicted molar refractivity (Wildman–Crippen MR) is 96.7 cm³/mol. The van der Waals surface area contributed by atoms with E-state index in [4.69, 9.17) is 4.74 Å². The van der Waals surface area contributed by atoms with Crippen molar-refractivity contribution in [3.05, 3.63) is 72.4 Å². The van der Waals surface area contributed by atoms with Gasteiger partial charge in [0.25, 0.3) is 0 Å². The Morgan fingerprint density at radius 2 is 1.54 bits per heavy atom. The first kappa shape index (κ1) is 16.1. The number of aryl methyl sites for hydroxylation is 1. The zero-order valence-electron chi connectivity index (χ0n) is 14.0. The van der Waals surface area contributed by atoms with Crippen molar-refractivity contribution in [3.8, 4) is 22.4 Å². The second-order valence-electron chi connectivity index (χ2n) is 5.67. The molecule has 0 amide bonds. The molecule has 0 saturated carbocycles. The minimum Gasteiger partial charge on any atom is -0.465 e. The quantitative estimate of drug-likeness (QED) is 0.639. The molecular weight excluding hydrogens is 298 g/mol. The summed E-state index contributed by atoms with van der Waals surface area (Å²) < 4.78 is 7.18. The van der Waals surface area contributed by atoms with Crippen LogP contribution in [0.2, 0.25) is 0 Å². The largest absolute Gasteiger partial charge is 0.465 e. The minimum atomic E-state index is -0.215. The summed E-state index contributed by atoms with van der Waals surface area (Å²) >= 11 is 0. The number of hydrogen-bond donors (Lipinski definition) is 0. The molecule has 1 heterocycles. The number of carbonyl (C=O) groups excluding carboxylic acids is 1. The molecule has 3 nitrogen and oxygen atoms in total. The van der Waals surface area contributed by atoms with E-state index in [-0.39, 0.29) is 12.5 Å². The van der Waals surface area contributed by atoms with Crippen LogP contribution in [0, 0.1) is 6.92 Å². The molecule has 0 radical (unpaired) electrons. The topological polar surface area (TPSA) is 31.2 Å². The Balaban J connectivity index is 2.15. The van der Waals surface area contributed by atoms with E-state index in [1.165, 1.54) is 0 Å². The highest BCUT2D eigenvalue weighted by atomic mass is 16.5. The van der Waals surface area contributed by atoms with Crippen molar-refractivity contribution in [1.82, 2.24) is 4.57 Å². The van der Waals surface area contributed by atoms with E-state index >= 15 is 0 Å². The number of nitrogens with zero attached hydrogens (tertiary/aromatic N) is 1. The second kappa shape index (κ2) is 7.18. The van der Waals surface area contributed by atoms with E-state index in [2.05, 4.69) is 30.3 Å². The third kappa shape index (κ3) is 3.25. The molecule has 2 aromatic carbocycles. The van der Waals surface area contributed by atoms with Gasteiger partial charge in [0, 0.05) is 11.3 Å². The maximum Gasteiger partial charge on any atom is 0.325 e. The van der Waals surface area contributed by atoms with Crippen LogP contribution in [-0.4, -0.2) is 17.1 Å².